The van der Waals surface area contributed by atoms with Crippen LogP contribution in [0.3, 0.4) is 0 Å². The Kier molecular flexibility index (Phi) is 6.50. The molecule has 0 amide bonds. The van der Waals surface area contributed by atoms with Gasteiger partial charge in [0.1, 0.15) is 6.10 Å². The molecule has 3 heteroatoms. The van der Waals surface area contributed by atoms with Crippen molar-refractivity contribution in [3.63, 3.8) is 0 Å². The SMILES string of the molecule is CC(C)CCC[C@@H](C)[C@H]1CCC2C3CC(O)[C@]45C[C@@H](OC(=O)C(C)(C)C)CC[C@]4(C5)C3CC[C@@]21C. The van der Waals surface area contributed by atoms with Crippen molar-refractivity contribution in [2.75, 3.05) is 0 Å². The monoisotopic (exact) mass is 486 g/mol. The van der Waals surface area contributed by atoms with Crippen LogP contribution >= 0.6 is 0 Å². The van der Waals surface area contributed by atoms with Gasteiger partial charge in [0, 0.05) is 5.41 Å². The van der Waals surface area contributed by atoms with Gasteiger partial charge in [-0.15, -0.1) is 0 Å². The molecule has 5 fully saturated rings. The first kappa shape index (κ1) is 26.1. The zero-order valence-corrected chi connectivity index (χ0v) is 23.9. The maximum absolute atomic E-state index is 12.6. The Morgan fingerprint density at radius 3 is 2.43 bits per heavy atom. The summed E-state index contributed by atoms with van der Waals surface area (Å²) in [6, 6.07) is 0. The molecule has 0 saturated heterocycles. The summed E-state index contributed by atoms with van der Waals surface area (Å²) in [6.45, 7) is 15.7. The number of carbonyl (C=O) groups excluding carboxylic acids is 1. The van der Waals surface area contributed by atoms with Crippen molar-refractivity contribution in [2.45, 2.75) is 138 Å². The molecule has 0 aromatic carbocycles. The minimum Gasteiger partial charge on any atom is -0.462 e. The molecule has 200 valence electrons. The van der Waals surface area contributed by atoms with Gasteiger partial charge in [0.05, 0.1) is 11.5 Å². The molecule has 5 saturated carbocycles. The minimum absolute atomic E-state index is 0.0000407. The van der Waals surface area contributed by atoms with Crippen molar-refractivity contribution in [3.8, 4) is 0 Å². The van der Waals surface area contributed by atoms with Crippen LogP contribution in [0.1, 0.15) is 126 Å². The summed E-state index contributed by atoms with van der Waals surface area (Å²) in [5.41, 5.74) is 0.390. The van der Waals surface area contributed by atoms with Crippen LogP contribution in [0.15, 0.2) is 0 Å². The van der Waals surface area contributed by atoms with Gasteiger partial charge in [-0.05, 0) is 125 Å². The van der Waals surface area contributed by atoms with E-state index in [1.54, 1.807) is 0 Å². The molecule has 5 aliphatic carbocycles. The van der Waals surface area contributed by atoms with E-state index in [9.17, 15) is 9.90 Å². The fourth-order valence-corrected chi connectivity index (χ4v) is 10.6. The molecule has 5 rings (SSSR count). The van der Waals surface area contributed by atoms with Crippen LogP contribution in [-0.2, 0) is 9.53 Å². The van der Waals surface area contributed by atoms with Crippen molar-refractivity contribution in [1.29, 1.82) is 0 Å². The number of carbonyl (C=O) groups is 1. The van der Waals surface area contributed by atoms with E-state index in [0.717, 1.165) is 55.3 Å². The standard InChI is InChI=1S/C32H54O3/c1-20(2)9-8-10-21(3)24-11-12-25-23-17-27(33)32-18-22(35-28(34)29(4,5)6)13-16-31(32,19-32)26(23)14-15-30(24,25)7/h20-27,33H,8-19H2,1-7H3/t21-,22+,23?,24-,25?,26?,27?,30-,31+,32-/m1/s1. The van der Waals surface area contributed by atoms with Crippen LogP contribution in [0, 0.1) is 57.2 Å². The van der Waals surface area contributed by atoms with Gasteiger partial charge in [-0.2, -0.15) is 0 Å². The van der Waals surface area contributed by atoms with E-state index in [1.165, 1.54) is 51.4 Å². The number of aliphatic hydroxyl groups is 1. The van der Waals surface area contributed by atoms with Gasteiger partial charge in [0.25, 0.3) is 0 Å². The normalized spacial score (nSPS) is 47.3. The molecule has 3 nitrogen and oxygen atoms in total. The zero-order valence-electron chi connectivity index (χ0n) is 23.9. The fourth-order valence-electron chi connectivity index (χ4n) is 10.6. The summed E-state index contributed by atoms with van der Waals surface area (Å²) >= 11 is 0. The van der Waals surface area contributed by atoms with Crippen LogP contribution in [0.25, 0.3) is 0 Å². The summed E-state index contributed by atoms with van der Waals surface area (Å²) < 4.78 is 6.00. The van der Waals surface area contributed by atoms with Crippen molar-refractivity contribution in [3.05, 3.63) is 0 Å². The highest BCUT2D eigenvalue weighted by Gasteiger charge is 2.79. The van der Waals surface area contributed by atoms with Crippen LogP contribution < -0.4 is 0 Å². The Morgan fingerprint density at radius 2 is 1.74 bits per heavy atom. The molecular weight excluding hydrogens is 432 g/mol. The van der Waals surface area contributed by atoms with Gasteiger partial charge < -0.3 is 9.84 Å². The summed E-state index contributed by atoms with van der Waals surface area (Å²) in [4.78, 5) is 12.6. The largest absolute Gasteiger partial charge is 0.462 e. The minimum atomic E-state index is -0.454. The van der Waals surface area contributed by atoms with Crippen molar-refractivity contribution >= 4 is 5.97 Å². The van der Waals surface area contributed by atoms with Gasteiger partial charge in [0.2, 0.25) is 0 Å². The van der Waals surface area contributed by atoms with E-state index >= 15 is 0 Å². The number of fused-ring (bicyclic) bond motifs is 3. The number of ether oxygens (including phenoxy) is 1. The van der Waals surface area contributed by atoms with Crippen LogP contribution in [0.4, 0.5) is 0 Å². The maximum Gasteiger partial charge on any atom is 0.311 e. The van der Waals surface area contributed by atoms with Gasteiger partial charge in [0.15, 0.2) is 0 Å². The number of esters is 1. The van der Waals surface area contributed by atoms with E-state index in [0.29, 0.717) is 16.7 Å². The van der Waals surface area contributed by atoms with E-state index in [-0.39, 0.29) is 23.6 Å². The third-order valence-electron chi connectivity index (χ3n) is 12.4. The molecule has 0 radical (unpaired) electrons. The first-order valence-electron chi connectivity index (χ1n) is 15.2. The second-order valence-corrected chi connectivity index (χ2v) is 15.7. The smallest absolute Gasteiger partial charge is 0.311 e. The predicted octanol–water partition coefficient (Wildman–Crippen LogP) is 7.79. The average Bonchev–Trinajstić information content (AvgIpc) is 3.34. The summed E-state index contributed by atoms with van der Waals surface area (Å²) in [5, 5.41) is 11.7. The lowest BCUT2D eigenvalue weighted by Crippen LogP contribution is -2.54. The molecule has 0 aliphatic heterocycles. The Labute approximate surface area is 215 Å². The Balaban J connectivity index is 1.28. The van der Waals surface area contributed by atoms with Gasteiger partial charge >= 0.3 is 5.97 Å². The third-order valence-corrected chi connectivity index (χ3v) is 12.4. The Hall–Kier alpha value is -0.570. The second-order valence-electron chi connectivity index (χ2n) is 15.7. The molecule has 0 spiro atoms. The lowest BCUT2D eigenvalue weighted by Gasteiger charge is -2.57. The van der Waals surface area contributed by atoms with Crippen molar-refractivity contribution < 1.29 is 14.6 Å². The molecule has 0 bridgehead atoms. The third kappa shape index (κ3) is 4.04. The molecule has 0 aromatic rings. The van der Waals surface area contributed by atoms with Crippen LogP contribution in [-0.4, -0.2) is 23.3 Å². The summed E-state index contributed by atoms with van der Waals surface area (Å²) in [7, 11) is 0. The number of aliphatic hydroxyl groups excluding tert-OH is 1. The van der Waals surface area contributed by atoms with Crippen LogP contribution in [0.2, 0.25) is 0 Å². The topological polar surface area (TPSA) is 46.5 Å². The summed E-state index contributed by atoms with van der Waals surface area (Å²) in [5.74, 6) is 4.74. The van der Waals surface area contributed by atoms with E-state index in [2.05, 4.69) is 27.7 Å². The highest BCUT2D eigenvalue weighted by Crippen LogP contribution is 2.83. The molecule has 10 atom stereocenters. The number of hydrogen-bond acceptors (Lipinski definition) is 3. The lowest BCUT2D eigenvalue weighted by atomic mass is 9.48. The molecule has 1 N–H and O–H groups in total. The molecule has 4 unspecified atom stereocenters. The first-order chi connectivity index (χ1) is 16.3. The molecule has 35 heavy (non-hydrogen) atoms. The molecule has 0 aromatic heterocycles. The van der Waals surface area contributed by atoms with Gasteiger partial charge in [-0.3, -0.25) is 4.79 Å². The van der Waals surface area contributed by atoms with Gasteiger partial charge in [-0.1, -0.05) is 47.0 Å². The molecule has 0 heterocycles. The zero-order chi connectivity index (χ0) is 25.4. The molecular formula is C32H54O3. The van der Waals surface area contributed by atoms with Crippen molar-refractivity contribution in [1.82, 2.24) is 0 Å². The lowest BCUT2D eigenvalue weighted by molar-refractivity contribution is -0.169. The number of rotatable bonds is 6. The van der Waals surface area contributed by atoms with Crippen molar-refractivity contribution in [2.24, 2.45) is 57.2 Å². The van der Waals surface area contributed by atoms with Gasteiger partial charge in [-0.25, -0.2) is 0 Å². The summed E-state index contributed by atoms with van der Waals surface area (Å²) in [6.07, 6.45) is 14.7. The predicted molar refractivity (Wildman–Crippen MR) is 142 cm³/mol. The van der Waals surface area contributed by atoms with E-state index < -0.39 is 5.41 Å². The quantitative estimate of drug-likeness (QED) is 0.390. The first-order valence-corrected chi connectivity index (χ1v) is 15.2. The van der Waals surface area contributed by atoms with E-state index in [1.807, 2.05) is 20.8 Å². The fraction of sp³-hybridized carbons (Fsp3) is 0.969. The highest BCUT2D eigenvalue weighted by molar-refractivity contribution is 5.75. The molecule has 5 aliphatic rings. The van der Waals surface area contributed by atoms with Crippen LogP contribution in [0.5, 0.6) is 0 Å². The maximum atomic E-state index is 12.6. The Morgan fingerprint density at radius 1 is 1.00 bits per heavy atom. The number of hydrogen-bond donors (Lipinski definition) is 1. The highest BCUT2D eigenvalue weighted by atomic mass is 16.5. The Bertz CT molecular complexity index is 812. The second kappa shape index (κ2) is 8.74. The average molecular weight is 487 g/mol. The van der Waals surface area contributed by atoms with E-state index in [4.69, 9.17) is 4.74 Å².